The van der Waals surface area contributed by atoms with E-state index in [-0.39, 0.29) is 6.10 Å². The highest BCUT2D eigenvalue weighted by Crippen LogP contribution is 2.10. The van der Waals surface area contributed by atoms with Gasteiger partial charge in [0.25, 0.3) is 0 Å². The largest absolute Gasteiger partial charge is 0.381 e. The van der Waals surface area contributed by atoms with Crippen LogP contribution in [0.5, 0.6) is 0 Å². The Morgan fingerprint density at radius 2 is 2.38 bits per heavy atom. The molecule has 0 saturated carbocycles. The molecule has 6 heteroatoms. The summed E-state index contributed by atoms with van der Waals surface area (Å²) < 4.78 is 7.53. The molecule has 1 saturated heterocycles. The topological polar surface area (TPSA) is 69.2 Å². The van der Waals surface area contributed by atoms with Crippen LogP contribution in [-0.2, 0) is 11.3 Å². The second-order valence-corrected chi connectivity index (χ2v) is 4.13. The molecular weight excluding hydrogens is 206 g/mol. The standard InChI is InChI=1S/C10H19N5O/c1-3-14-4-5-16-9(6-14)7-15-8(2)10(11)12-13-15/h9H,3-7,11H2,1-2H3. The van der Waals surface area contributed by atoms with Crippen LogP contribution >= 0.6 is 0 Å². The van der Waals surface area contributed by atoms with E-state index in [1.807, 2.05) is 11.6 Å². The second-order valence-electron chi connectivity index (χ2n) is 4.13. The molecule has 0 aliphatic carbocycles. The molecule has 0 amide bonds. The lowest BCUT2D eigenvalue weighted by Crippen LogP contribution is -2.44. The minimum atomic E-state index is 0.188. The van der Waals surface area contributed by atoms with E-state index in [1.54, 1.807) is 0 Å². The van der Waals surface area contributed by atoms with Gasteiger partial charge in [0.15, 0.2) is 5.82 Å². The Morgan fingerprint density at radius 1 is 1.56 bits per heavy atom. The Kier molecular flexibility index (Phi) is 3.40. The Bertz CT molecular complexity index is 351. The van der Waals surface area contributed by atoms with Gasteiger partial charge in [-0.25, -0.2) is 4.68 Å². The van der Waals surface area contributed by atoms with Gasteiger partial charge in [0.05, 0.1) is 24.9 Å². The zero-order valence-electron chi connectivity index (χ0n) is 9.89. The van der Waals surface area contributed by atoms with E-state index in [1.165, 1.54) is 0 Å². The first-order valence-corrected chi connectivity index (χ1v) is 5.70. The molecule has 1 aromatic heterocycles. The number of morpholine rings is 1. The van der Waals surface area contributed by atoms with Gasteiger partial charge in [-0.05, 0) is 13.5 Å². The number of nitrogens with two attached hydrogens (primary N) is 1. The molecule has 1 unspecified atom stereocenters. The Balaban J connectivity index is 1.96. The van der Waals surface area contributed by atoms with Crippen molar-refractivity contribution in [2.75, 3.05) is 32.0 Å². The Hall–Kier alpha value is -1.14. The summed E-state index contributed by atoms with van der Waals surface area (Å²) in [6.45, 7) is 8.66. The van der Waals surface area contributed by atoms with E-state index in [2.05, 4.69) is 22.1 Å². The summed E-state index contributed by atoms with van der Waals surface area (Å²) >= 11 is 0. The molecule has 16 heavy (non-hydrogen) atoms. The monoisotopic (exact) mass is 225 g/mol. The number of nitrogen functional groups attached to an aromatic ring is 1. The van der Waals surface area contributed by atoms with Crippen molar-refractivity contribution in [1.82, 2.24) is 19.9 Å². The minimum Gasteiger partial charge on any atom is -0.381 e. The van der Waals surface area contributed by atoms with Crippen LogP contribution in [-0.4, -0.2) is 52.2 Å². The highest BCUT2D eigenvalue weighted by Gasteiger charge is 2.20. The van der Waals surface area contributed by atoms with Gasteiger partial charge in [-0.2, -0.15) is 0 Å². The van der Waals surface area contributed by atoms with Crippen molar-refractivity contribution in [3.8, 4) is 0 Å². The highest BCUT2D eigenvalue weighted by molar-refractivity contribution is 5.31. The molecule has 0 radical (unpaired) electrons. The fourth-order valence-corrected chi connectivity index (χ4v) is 1.92. The first kappa shape index (κ1) is 11.3. The number of ether oxygens (including phenoxy) is 1. The molecule has 2 rings (SSSR count). The van der Waals surface area contributed by atoms with Crippen molar-refractivity contribution in [1.29, 1.82) is 0 Å². The lowest BCUT2D eigenvalue weighted by molar-refractivity contribution is -0.0362. The van der Waals surface area contributed by atoms with Gasteiger partial charge in [0.2, 0.25) is 0 Å². The minimum absolute atomic E-state index is 0.188. The fraction of sp³-hybridized carbons (Fsp3) is 0.800. The molecule has 90 valence electrons. The van der Waals surface area contributed by atoms with Crippen LogP contribution in [0.4, 0.5) is 5.82 Å². The van der Waals surface area contributed by atoms with Crippen LogP contribution in [0, 0.1) is 6.92 Å². The average Bonchev–Trinajstić information content (AvgIpc) is 2.61. The SMILES string of the molecule is CCN1CCOC(Cn2nnc(N)c2C)C1. The maximum Gasteiger partial charge on any atom is 0.168 e. The number of hydrogen-bond acceptors (Lipinski definition) is 5. The van der Waals surface area contributed by atoms with E-state index in [0.29, 0.717) is 5.82 Å². The summed E-state index contributed by atoms with van der Waals surface area (Å²) in [5, 5.41) is 7.85. The molecule has 1 aromatic rings. The van der Waals surface area contributed by atoms with Gasteiger partial charge < -0.3 is 10.5 Å². The molecule has 0 aromatic carbocycles. The van der Waals surface area contributed by atoms with E-state index >= 15 is 0 Å². The number of anilines is 1. The first-order valence-electron chi connectivity index (χ1n) is 5.70. The maximum atomic E-state index is 5.71. The van der Waals surface area contributed by atoms with Crippen molar-refractivity contribution in [2.45, 2.75) is 26.5 Å². The van der Waals surface area contributed by atoms with Crippen molar-refractivity contribution in [3.63, 3.8) is 0 Å². The van der Waals surface area contributed by atoms with Crippen molar-refractivity contribution >= 4 is 5.82 Å². The molecule has 1 aliphatic rings. The quantitative estimate of drug-likeness (QED) is 0.777. The third-order valence-electron chi connectivity index (χ3n) is 3.06. The zero-order chi connectivity index (χ0) is 11.5. The Morgan fingerprint density at radius 3 is 3.00 bits per heavy atom. The summed E-state index contributed by atoms with van der Waals surface area (Å²) in [6.07, 6.45) is 0.188. The van der Waals surface area contributed by atoms with Crippen LogP contribution in [0.1, 0.15) is 12.6 Å². The van der Waals surface area contributed by atoms with Crippen LogP contribution in [0.3, 0.4) is 0 Å². The van der Waals surface area contributed by atoms with Gasteiger partial charge in [-0.15, -0.1) is 5.10 Å². The van der Waals surface area contributed by atoms with Crippen molar-refractivity contribution in [3.05, 3.63) is 5.69 Å². The summed E-state index contributed by atoms with van der Waals surface area (Å²) in [7, 11) is 0. The number of likely N-dealkylation sites (N-methyl/N-ethyl adjacent to an activating group) is 1. The molecule has 1 atom stereocenters. The second kappa shape index (κ2) is 4.80. The van der Waals surface area contributed by atoms with Crippen molar-refractivity contribution < 1.29 is 4.74 Å². The number of rotatable bonds is 3. The van der Waals surface area contributed by atoms with Crippen LogP contribution in [0.2, 0.25) is 0 Å². The van der Waals surface area contributed by atoms with Gasteiger partial charge in [-0.3, -0.25) is 4.90 Å². The third-order valence-corrected chi connectivity index (χ3v) is 3.06. The first-order chi connectivity index (χ1) is 7.70. The van der Waals surface area contributed by atoms with Gasteiger partial charge in [0, 0.05) is 13.1 Å². The molecule has 6 nitrogen and oxygen atoms in total. The third kappa shape index (κ3) is 2.33. The number of nitrogens with zero attached hydrogens (tertiary/aromatic N) is 4. The fourth-order valence-electron chi connectivity index (χ4n) is 1.92. The summed E-state index contributed by atoms with van der Waals surface area (Å²) in [6, 6.07) is 0. The number of aromatic nitrogens is 3. The maximum absolute atomic E-state index is 5.71. The van der Waals surface area contributed by atoms with Crippen LogP contribution in [0.15, 0.2) is 0 Å². The van der Waals surface area contributed by atoms with Crippen molar-refractivity contribution in [2.24, 2.45) is 0 Å². The lowest BCUT2D eigenvalue weighted by Gasteiger charge is -2.31. The van der Waals surface area contributed by atoms with E-state index in [9.17, 15) is 0 Å². The normalized spacial score (nSPS) is 22.5. The highest BCUT2D eigenvalue weighted by atomic mass is 16.5. The molecule has 1 aliphatic heterocycles. The lowest BCUT2D eigenvalue weighted by atomic mass is 10.2. The van der Waals surface area contributed by atoms with E-state index in [0.717, 1.165) is 38.5 Å². The molecule has 0 spiro atoms. The molecule has 2 heterocycles. The predicted octanol–water partition coefficient (Wildman–Crippen LogP) is -0.111. The molecule has 0 bridgehead atoms. The molecule has 2 N–H and O–H groups in total. The summed E-state index contributed by atoms with van der Waals surface area (Å²) in [4.78, 5) is 2.38. The Labute approximate surface area is 95.4 Å². The predicted molar refractivity (Wildman–Crippen MR) is 61.0 cm³/mol. The van der Waals surface area contributed by atoms with Crippen LogP contribution in [0.25, 0.3) is 0 Å². The summed E-state index contributed by atoms with van der Waals surface area (Å²) in [5.41, 5.74) is 6.57. The van der Waals surface area contributed by atoms with E-state index < -0.39 is 0 Å². The smallest absolute Gasteiger partial charge is 0.168 e. The average molecular weight is 225 g/mol. The van der Waals surface area contributed by atoms with Gasteiger partial charge in [-0.1, -0.05) is 12.1 Å². The number of hydrogen-bond donors (Lipinski definition) is 1. The zero-order valence-corrected chi connectivity index (χ0v) is 9.89. The molecular formula is C10H19N5O. The summed E-state index contributed by atoms with van der Waals surface area (Å²) in [5.74, 6) is 0.503. The van der Waals surface area contributed by atoms with Gasteiger partial charge >= 0.3 is 0 Å². The van der Waals surface area contributed by atoms with Crippen LogP contribution < -0.4 is 5.73 Å². The molecule has 1 fully saturated rings. The van der Waals surface area contributed by atoms with Gasteiger partial charge in [0.1, 0.15) is 0 Å². The van der Waals surface area contributed by atoms with E-state index in [4.69, 9.17) is 10.5 Å².